The Morgan fingerprint density at radius 1 is 0.838 bits per heavy atom. The molecule has 0 aliphatic heterocycles. The van der Waals surface area contributed by atoms with Gasteiger partial charge in [0.15, 0.2) is 0 Å². The van der Waals surface area contributed by atoms with Crippen molar-refractivity contribution in [3.05, 3.63) is 71.8 Å². The summed E-state index contributed by atoms with van der Waals surface area (Å²) in [6.45, 7) is -0.489. The van der Waals surface area contributed by atoms with Crippen molar-refractivity contribution in [2.45, 2.75) is 19.8 Å². The normalized spacial score (nSPS) is 11.5. The standard InChI is InChI=1S/C22H26N3O11P/c1-17(26)34-25(2)22(23)24-37(29,35-32-15-30-20(27)13-18-9-5-3-6-10-18)36-33-16-31-21(28)14-19-11-7-4-8-12-19/h3-12H,13-16H2,1-2H3,(H2,23,24,29). The minimum atomic E-state index is -4.72. The summed E-state index contributed by atoms with van der Waals surface area (Å²) in [5.74, 6) is -2.71. The summed E-state index contributed by atoms with van der Waals surface area (Å²) in [6, 6.07) is 17.5. The molecule has 2 aromatic rings. The summed E-state index contributed by atoms with van der Waals surface area (Å²) in [5, 5.41) is 0.668. The minimum Gasteiger partial charge on any atom is -0.435 e. The Balaban J connectivity index is 1.88. The molecule has 15 heteroatoms. The highest BCUT2D eigenvalue weighted by atomic mass is 31.2. The third kappa shape index (κ3) is 12.1. The van der Waals surface area contributed by atoms with E-state index < -0.39 is 45.2 Å². The number of esters is 2. The van der Waals surface area contributed by atoms with Crippen molar-refractivity contribution < 1.29 is 52.4 Å². The lowest BCUT2D eigenvalue weighted by Crippen LogP contribution is -2.35. The highest BCUT2D eigenvalue weighted by molar-refractivity contribution is 7.52. The number of guanidine groups is 1. The average Bonchev–Trinajstić information content (AvgIpc) is 2.85. The molecule has 0 amide bonds. The van der Waals surface area contributed by atoms with Crippen LogP contribution in [0, 0.1) is 0 Å². The minimum absolute atomic E-state index is 0.0475. The molecule has 200 valence electrons. The molecule has 2 N–H and O–H groups in total. The number of hydrogen-bond donors (Lipinski definition) is 1. The number of ether oxygens (including phenoxy) is 2. The van der Waals surface area contributed by atoms with Crippen LogP contribution in [-0.4, -0.2) is 49.6 Å². The molecule has 0 aliphatic rings. The maximum absolute atomic E-state index is 12.9. The number of nitrogens with zero attached hydrogens (tertiary/aromatic N) is 2. The van der Waals surface area contributed by atoms with Crippen molar-refractivity contribution in [1.82, 2.24) is 5.06 Å². The van der Waals surface area contributed by atoms with E-state index in [0.717, 1.165) is 6.92 Å². The van der Waals surface area contributed by atoms with Crippen molar-refractivity contribution in [1.29, 1.82) is 0 Å². The Kier molecular flexibility index (Phi) is 12.2. The number of benzene rings is 2. The van der Waals surface area contributed by atoms with Crippen molar-refractivity contribution in [3.63, 3.8) is 0 Å². The first kappa shape index (κ1) is 29.4. The van der Waals surface area contributed by atoms with Crippen LogP contribution in [-0.2, 0) is 65.2 Å². The predicted molar refractivity (Wildman–Crippen MR) is 125 cm³/mol. The number of nitrogens with two attached hydrogens (primary N) is 1. The van der Waals surface area contributed by atoms with Crippen molar-refractivity contribution in [2.24, 2.45) is 10.5 Å². The van der Waals surface area contributed by atoms with Crippen molar-refractivity contribution >= 4 is 31.6 Å². The van der Waals surface area contributed by atoms with E-state index in [2.05, 4.69) is 28.7 Å². The molecule has 0 spiro atoms. The molecule has 14 nitrogen and oxygen atoms in total. The molecule has 2 aromatic carbocycles. The molecule has 0 aliphatic carbocycles. The molecule has 0 atom stereocenters. The summed E-state index contributed by atoms with van der Waals surface area (Å²) >= 11 is 0. The maximum Gasteiger partial charge on any atom is 0.511 e. The highest BCUT2D eigenvalue weighted by Gasteiger charge is 2.30. The van der Waals surface area contributed by atoms with Gasteiger partial charge in [-0.1, -0.05) is 60.7 Å². The van der Waals surface area contributed by atoms with E-state index in [1.165, 1.54) is 7.05 Å². The Bertz CT molecular complexity index is 1030. The van der Waals surface area contributed by atoms with Gasteiger partial charge >= 0.3 is 25.7 Å². The molecule has 2 rings (SSSR count). The number of rotatable bonds is 13. The molecule has 0 bridgehead atoms. The zero-order chi connectivity index (χ0) is 27.1. The second-order valence-corrected chi connectivity index (χ2v) is 8.42. The van der Waals surface area contributed by atoms with E-state index in [1.807, 2.05) is 0 Å². The van der Waals surface area contributed by atoms with Gasteiger partial charge in [-0.15, -0.1) is 14.1 Å². The van der Waals surface area contributed by atoms with E-state index in [-0.39, 0.29) is 12.8 Å². The van der Waals surface area contributed by atoms with E-state index in [1.54, 1.807) is 60.7 Å². The van der Waals surface area contributed by atoms with E-state index in [0.29, 0.717) is 16.2 Å². The average molecular weight is 539 g/mol. The molecule has 0 heterocycles. The quantitative estimate of drug-likeness (QED) is 0.0574. The van der Waals surface area contributed by atoms with Gasteiger partial charge in [0, 0.05) is 14.0 Å². The van der Waals surface area contributed by atoms with Crippen LogP contribution in [0.1, 0.15) is 18.1 Å². The van der Waals surface area contributed by atoms with Gasteiger partial charge in [0.25, 0.3) is 0 Å². The van der Waals surface area contributed by atoms with Crippen LogP contribution < -0.4 is 5.73 Å². The number of carbonyl (C=O) groups is 3. The summed E-state index contributed by atoms with van der Waals surface area (Å²) in [6.07, 6.45) is -0.0950. The number of hydrogen-bond acceptors (Lipinski definition) is 11. The van der Waals surface area contributed by atoms with Crippen molar-refractivity contribution in [3.8, 4) is 0 Å². The first-order valence-corrected chi connectivity index (χ1v) is 12.1. The molecule has 0 fully saturated rings. The fourth-order valence-electron chi connectivity index (χ4n) is 2.46. The summed E-state index contributed by atoms with van der Waals surface area (Å²) in [4.78, 5) is 48.7. The maximum atomic E-state index is 12.9. The summed E-state index contributed by atoms with van der Waals surface area (Å²) in [5.41, 5.74) is 7.01. The van der Waals surface area contributed by atoms with Crippen LogP contribution in [0.3, 0.4) is 0 Å². The van der Waals surface area contributed by atoms with Crippen LogP contribution in [0.5, 0.6) is 0 Å². The van der Waals surface area contributed by atoms with Crippen molar-refractivity contribution in [2.75, 3.05) is 20.6 Å². The SMILES string of the molecule is CC(=O)ON(C)/C(N)=N/P(=O)(OOCOC(=O)Cc1ccccc1)OOCOC(=O)Cc1ccccc1. The van der Waals surface area contributed by atoms with Crippen LogP contribution in [0.4, 0.5) is 0 Å². The van der Waals surface area contributed by atoms with Gasteiger partial charge in [0.05, 0.1) is 12.8 Å². The molecular formula is C22H26N3O11P. The Hall–Kier alpha value is -3.81. The lowest BCUT2D eigenvalue weighted by molar-refractivity contribution is -0.308. The van der Waals surface area contributed by atoms with Gasteiger partial charge in [-0.25, -0.2) is 4.57 Å². The summed E-state index contributed by atoms with van der Waals surface area (Å²) in [7, 11) is -3.54. The summed E-state index contributed by atoms with van der Waals surface area (Å²) < 4.78 is 35.2. The zero-order valence-electron chi connectivity index (χ0n) is 20.0. The molecular weight excluding hydrogens is 513 g/mol. The van der Waals surface area contributed by atoms with Gasteiger partial charge in [0.1, 0.15) is 0 Å². The lowest BCUT2D eigenvalue weighted by atomic mass is 10.2. The second-order valence-electron chi connectivity index (χ2n) is 6.99. The topological polar surface area (TPSA) is 175 Å². The molecule has 0 saturated heterocycles. The number of carbonyl (C=O) groups excluding carboxylic acids is 3. The first-order chi connectivity index (χ1) is 17.7. The third-order valence-electron chi connectivity index (χ3n) is 4.03. The monoisotopic (exact) mass is 539 g/mol. The smallest absolute Gasteiger partial charge is 0.435 e. The van der Waals surface area contributed by atoms with Crippen LogP contribution in [0.2, 0.25) is 0 Å². The fourth-order valence-corrected chi connectivity index (χ4v) is 3.28. The van der Waals surface area contributed by atoms with Gasteiger partial charge in [-0.05, 0) is 11.1 Å². The van der Waals surface area contributed by atoms with Gasteiger partial charge in [-0.2, -0.15) is 14.8 Å². The van der Waals surface area contributed by atoms with Crippen LogP contribution in [0.25, 0.3) is 0 Å². The van der Waals surface area contributed by atoms with E-state index in [9.17, 15) is 18.9 Å². The molecule has 0 aromatic heterocycles. The molecule has 0 saturated carbocycles. The predicted octanol–water partition coefficient (Wildman–Crippen LogP) is 2.20. The third-order valence-corrected chi connectivity index (χ3v) is 5.06. The fraction of sp³-hybridized carbons (Fsp3) is 0.273. The molecule has 37 heavy (non-hydrogen) atoms. The molecule has 0 radical (unpaired) electrons. The van der Waals surface area contributed by atoms with E-state index in [4.69, 9.17) is 15.2 Å². The van der Waals surface area contributed by atoms with Gasteiger partial charge < -0.3 is 20.0 Å². The van der Waals surface area contributed by atoms with Crippen LogP contribution in [0.15, 0.2) is 65.4 Å². The zero-order valence-corrected chi connectivity index (χ0v) is 20.9. The highest BCUT2D eigenvalue weighted by Crippen LogP contribution is 2.50. The lowest BCUT2D eigenvalue weighted by Gasteiger charge is -2.17. The second kappa shape index (κ2) is 15.3. The van der Waals surface area contributed by atoms with Gasteiger partial charge in [-0.3, -0.25) is 14.4 Å². The van der Waals surface area contributed by atoms with Gasteiger partial charge in [0.2, 0.25) is 19.5 Å². The number of hydroxylamine groups is 2. The first-order valence-electron chi connectivity index (χ1n) is 10.6. The van der Waals surface area contributed by atoms with Crippen LogP contribution >= 0.6 is 7.75 Å². The Labute approximate surface area is 212 Å². The largest absolute Gasteiger partial charge is 0.511 e. The van der Waals surface area contributed by atoms with E-state index >= 15 is 0 Å². The Morgan fingerprint density at radius 2 is 1.27 bits per heavy atom. The molecule has 0 unspecified atom stereocenters. The Morgan fingerprint density at radius 3 is 1.68 bits per heavy atom.